The first-order chi connectivity index (χ1) is 32.7. The minimum absolute atomic E-state index is 0.0119. The van der Waals surface area contributed by atoms with Gasteiger partial charge in [-0.1, -0.05) is 72.8 Å². The molecule has 19 heteroatoms. The predicted octanol–water partition coefficient (Wildman–Crippen LogP) is 3.50. The van der Waals surface area contributed by atoms with Crippen LogP contribution in [0.3, 0.4) is 0 Å². The van der Waals surface area contributed by atoms with Crippen molar-refractivity contribution in [3.05, 3.63) is 83.9 Å². The number of amides is 6. The Balaban J connectivity index is 1.20. The van der Waals surface area contributed by atoms with Crippen LogP contribution in [-0.4, -0.2) is 115 Å². The highest BCUT2D eigenvalue weighted by atomic mass is 16.4. The van der Waals surface area contributed by atoms with Gasteiger partial charge in [0.1, 0.15) is 18.1 Å². The van der Waals surface area contributed by atoms with Crippen molar-refractivity contribution in [1.82, 2.24) is 37.1 Å². The number of benzene rings is 3. The van der Waals surface area contributed by atoms with Crippen molar-refractivity contribution < 1.29 is 53.7 Å². The van der Waals surface area contributed by atoms with Crippen molar-refractivity contribution in [2.75, 3.05) is 19.6 Å². The molecule has 0 saturated heterocycles. The summed E-state index contributed by atoms with van der Waals surface area (Å²) in [5, 5.41) is 48.5. The first-order valence-electron chi connectivity index (χ1n) is 23.6. The highest BCUT2D eigenvalue weighted by Gasteiger charge is 2.31. The second-order valence-electron chi connectivity index (χ2n) is 17.4. The molecule has 4 atom stereocenters. The van der Waals surface area contributed by atoms with E-state index in [0.29, 0.717) is 70.9 Å². The molecule has 1 aliphatic rings. The number of unbranched alkanes of at least 4 members (excludes halogenated alkanes) is 2. The SMILES string of the molecule is [B]NC(CCCCNC(=O)CCCc1ccccc1)C(=O)NCC1CCC(C(=O)NC(Cc2ccc3ccccc3c2)C(=O)NCCCCC(NC(=O)NC(CCC(=O)O)C(=O)O)C(=O)O)CC1. The summed E-state index contributed by atoms with van der Waals surface area (Å²) in [4.78, 5) is 99.1. The van der Waals surface area contributed by atoms with Gasteiger partial charge in [0.2, 0.25) is 23.6 Å². The van der Waals surface area contributed by atoms with Crippen LogP contribution in [0.1, 0.15) is 101 Å². The van der Waals surface area contributed by atoms with E-state index in [1.807, 2.05) is 72.8 Å². The second kappa shape index (κ2) is 29.3. The Morgan fingerprint density at radius 2 is 1.18 bits per heavy atom. The Labute approximate surface area is 398 Å². The van der Waals surface area contributed by atoms with E-state index in [0.717, 1.165) is 29.2 Å². The molecular formula is C49H66BN7O11. The van der Waals surface area contributed by atoms with Crippen LogP contribution in [0.25, 0.3) is 10.8 Å². The Bertz CT molecular complexity index is 2140. The quantitative estimate of drug-likeness (QED) is 0.0340. The van der Waals surface area contributed by atoms with Crippen molar-refractivity contribution in [2.45, 2.75) is 127 Å². The van der Waals surface area contributed by atoms with Crippen LogP contribution in [-0.2, 0) is 46.4 Å². The van der Waals surface area contributed by atoms with Gasteiger partial charge in [-0.05, 0) is 111 Å². The van der Waals surface area contributed by atoms with E-state index in [2.05, 4.69) is 37.1 Å². The summed E-state index contributed by atoms with van der Waals surface area (Å²) in [7, 11) is 5.73. The van der Waals surface area contributed by atoms with Gasteiger partial charge >= 0.3 is 23.9 Å². The summed E-state index contributed by atoms with van der Waals surface area (Å²) in [6.45, 7) is 1.10. The van der Waals surface area contributed by atoms with E-state index in [1.165, 1.54) is 5.56 Å². The molecule has 0 aromatic heterocycles. The maximum atomic E-state index is 13.7. The fourth-order valence-electron chi connectivity index (χ4n) is 8.22. The third-order valence-electron chi connectivity index (χ3n) is 12.2. The highest BCUT2D eigenvalue weighted by molar-refractivity contribution is 6.06. The van der Waals surface area contributed by atoms with Gasteiger partial charge in [-0.2, -0.15) is 0 Å². The minimum atomic E-state index is -1.53. The molecule has 6 amide bonds. The zero-order valence-electron chi connectivity index (χ0n) is 38.5. The molecule has 1 fully saturated rings. The molecule has 0 heterocycles. The second-order valence-corrected chi connectivity index (χ2v) is 17.4. The lowest BCUT2D eigenvalue weighted by Gasteiger charge is -2.29. The van der Waals surface area contributed by atoms with Crippen molar-refractivity contribution in [3.8, 4) is 0 Å². The molecule has 0 aliphatic heterocycles. The van der Waals surface area contributed by atoms with Crippen LogP contribution in [0.15, 0.2) is 72.8 Å². The summed E-state index contributed by atoms with van der Waals surface area (Å²) in [6.07, 6.45) is 6.38. The number of carboxylic acid groups (broad SMARTS) is 3. The first-order valence-corrected chi connectivity index (χ1v) is 23.6. The van der Waals surface area contributed by atoms with Gasteiger partial charge in [-0.15, -0.1) is 0 Å². The normalized spacial score (nSPS) is 16.2. The smallest absolute Gasteiger partial charge is 0.326 e. The highest BCUT2D eigenvalue weighted by Crippen LogP contribution is 2.29. The van der Waals surface area contributed by atoms with Gasteiger partial charge in [0, 0.05) is 44.8 Å². The molecule has 0 bridgehead atoms. The predicted molar refractivity (Wildman–Crippen MR) is 255 cm³/mol. The Kier molecular flexibility index (Phi) is 23.3. The molecule has 0 spiro atoms. The summed E-state index contributed by atoms with van der Waals surface area (Å²) >= 11 is 0. The lowest BCUT2D eigenvalue weighted by atomic mass is 9.81. The standard InChI is InChI=1S/C49H66BN7O11/c50-57-38(16-6-8-27-51-42(58)18-10-13-32-11-2-1-3-12-32)45(62)53-31-33-19-23-36(24-20-33)44(61)54-41(30-34-21-22-35-14-4-5-15-37(35)29-34)46(63)52-28-9-7-17-39(47(64)65)55-49(68)56-40(48(66)67)25-26-43(59)60/h1-5,11-12,14-15,21-22,29,33,36,38-41,57H,6-10,13,16-20,23-28,30-31H2,(H,51,58)(H,52,63)(H,53,62)(H,54,61)(H,59,60)(H,64,65)(H,66,67)(H2,55,56,68). The van der Waals surface area contributed by atoms with Gasteiger partial charge in [0.05, 0.1) is 6.04 Å². The molecule has 3 aromatic carbocycles. The Morgan fingerprint density at radius 1 is 0.574 bits per heavy atom. The number of fused-ring (bicyclic) bond motifs is 1. The number of aryl methyl sites for hydroxylation is 1. The molecule has 2 radical (unpaired) electrons. The van der Waals surface area contributed by atoms with E-state index < -0.39 is 66.9 Å². The number of hydrogen-bond donors (Lipinski definition) is 10. The largest absolute Gasteiger partial charge is 0.481 e. The van der Waals surface area contributed by atoms with Crippen molar-refractivity contribution in [2.24, 2.45) is 11.8 Å². The van der Waals surface area contributed by atoms with E-state index in [1.54, 1.807) is 0 Å². The number of urea groups is 1. The lowest BCUT2D eigenvalue weighted by molar-refractivity contribution is -0.141. The summed E-state index contributed by atoms with van der Waals surface area (Å²) < 4.78 is 0. The molecule has 18 nitrogen and oxygen atoms in total. The van der Waals surface area contributed by atoms with Gasteiger partial charge < -0.3 is 52.4 Å². The number of carboxylic acids is 3. The fraction of sp³-hybridized carbons (Fsp3) is 0.510. The van der Waals surface area contributed by atoms with E-state index >= 15 is 0 Å². The first kappa shape index (κ1) is 54.1. The lowest BCUT2D eigenvalue weighted by Crippen LogP contribution is -2.51. The number of aliphatic carboxylic acids is 3. The van der Waals surface area contributed by atoms with Gasteiger partial charge in [0.15, 0.2) is 7.98 Å². The molecule has 4 unspecified atom stereocenters. The Hall–Kier alpha value is -6.50. The molecule has 3 aromatic rings. The van der Waals surface area contributed by atoms with Crippen LogP contribution in [0.4, 0.5) is 4.79 Å². The molecule has 4 rings (SSSR count). The molecule has 1 saturated carbocycles. The molecule has 366 valence electrons. The summed E-state index contributed by atoms with van der Waals surface area (Å²) in [5.74, 6) is -5.11. The molecule has 1 aliphatic carbocycles. The summed E-state index contributed by atoms with van der Waals surface area (Å²) in [6, 6.07) is 18.2. The number of carbonyl (C=O) groups is 8. The molecule has 10 N–H and O–H groups in total. The summed E-state index contributed by atoms with van der Waals surface area (Å²) in [5.41, 5.74) is 2.05. The molecule has 68 heavy (non-hydrogen) atoms. The van der Waals surface area contributed by atoms with Gasteiger partial charge in [-0.3, -0.25) is 24.0 Å². The average Bonchev–Trinajstić information content (AvgIpc) is 3.32. The van der Waals surface area contributed by atoms with Crippen LogP contribution in [0, 0.1) is 11.8 Å². The van der Waals surface area contributed by atoms with E-state index in [-0.39, 0.29) is 55.4 Å². The number of hydrogen-bond acceptors (Lipinski definition) is 9. The van der Waals surface area contributed by atoms with Crippen LogP contribution in [0.2, 0.25) is 0 Å². The third-order valence-corrected chi connectivity index (χ3v) is 12.2. The zero-order chi connectivity index (χ0) is 49.3. The van der Waals surface area contributed by atoms with Crippen LogP contribution < -0.4 is 37.1 Å². The number of nitrogens with one attached hydrogen (secondary N) is 7. The van der Waals surface area contributed by atoms with Crippen molar-refractivity contribution in [1.29, 1.82) is 0 Å². The van der Waals surface area contributed by atoms with Crippen molar-refractivity contribution >= 4 is 66.3 Å². The number of rotatable bonds is 30. The van der Waals surface area contributed by atoms with Crippen LogP contribution >= 0.6 is 0 Å². The number of carbonyl (C=O) groups excluding carboxylic acids is 5. The average molecular weight is 940 g/mol. The fourth-order valence-corrected chi connectivity index (χ4v) is 8.22. The van der Waals surface area contributed by atoms with Gasteiger partial charge in [0.25, 0.3) is 0 Å². The van der Waals surface area contributed by atoms with E-state index in [4.69, 9.17) is 13.1 Å². The van der Waals surface area contributed by atoms with E-state index in [9.17, 15) is 48.6 Å². The van der Waals surface area contributed by atoms with Crippen LogP contribution in [0.5, 0.6) is 0 Å². The third kappa shape index (κ3) is 19.8. The zero-order valence-corrected chi connectivity index (χ0v) is 38.5. The topological polar surface area (TPSA) is 281 Å². The maximum Gasteiger partial charge on any atom is 0.326 e. The monoisotopic (exact) mass is 939 g/mol. The minimum Gasteiger partial charge on any atom is -0.481 e. The van der Waals surface area contributed by atoms with Gasteiger partial charge in [-0.25, -0.2) is 14.4 Å². The Morgan fingerprint density at radius 3 is 1.82 bits per heavy atom. The molecular weight excluding hydrogens is 873 g/mol. The maximum absolute atomic E-state index is 13.7. The van der Waals surface area contributed by atoms with Crippen molar-refractivity contribution in [3.63, 3.8) is 0 Å².